The van der Waals surface area contributed by atoms with E-state index >= 15 is 0 Å². The first-order valence-electron chi connectivity index (χ1n) is 6.43. The molecule has 1 heterocycles. The fraction of sp³-hybridized carbons (Fsp3) is 0.500. The van der Waals surface area contributed by atoms with Crippen molar-refractivity contribution in [3.63, 3.8) is 0 Å². The van der Waals surface area contributed by atoms with Gasteiger partial charge in [0.2, 0.25) is 10.0 Å². The first-order valence-corrected chi connectivity index (χ1v) is 7.87. The lowest BCUT2D eigenvalue weighted by atomic mass is 10.1. The Balaban J connectivity index is 2.24. The van der Waals surface area contributed by atoms with Gasteiger partial charge in [-0.2, -0.15) is 4.31 Å². The quantitative estimate of drug-likeness (QED) is 0.503. The number of methoxy groups -OCH3 is 1. The average Bonchev–Trinajstić information content (AvgIpc) is 2.46. The molecule has 0 unspecified atom stereocenters. The highest BCUT2D eigenvalue weighted by molar-refractivity contribution is 7.89. The number of hydrogen-bond donors (Lipinski definition) is 1. The molecule has 116 valence electrons. The summed E-state index contributed by atoms with van der Waals surface area (Å²) >= 11 is 0. The molecular weight excluding hydrogens is 298 g/mol. The van der Waals surface area contributed by atoms with Crippen molar-refractivity contribution in [3.05, 3.63) is 28.3 Å². The normalized spacial score (nSPS) is 17.8. The van der Waals surface area contributed by atoms with Crippen LogP contribution in [0, 0.1) is 10.1 Å². The fourth-order valence-electron chi connectivity index (χ4n) is 2.32. The molecule has 1 aromatic carbocycles. The van der Waals surface area contributed by atoms with E-state index in [0.717, 1.165) is 12.1 Å². The summed E-state index contributed by atoms with van der Waals surface area (Å²) in [5.41, 5.74) is 5.09. The highest BCUT2D eigenvalue weighted by atomic mass is 32.2. The predicted octanol–water partition coefficient (Wildman–Crippen LogP) is 0.977. The van der Waals surface area contributed by atoms with Crippen molar-refractivity contribution in [3.8, 4) is 0 Å². The molecule has 0 amide bonds. The summed E-state index contributed by atoms with van der Waals surface area (Å²) in [4.78, 5) is 10.0. The van der Waals surface area contributed by atoms with Crippen LogP contribution >= 0.6 is 0 Å². The molecule has 21 heavy (non-hydrogen) atoms. The number of sulfonamides is 1. The van der Waals surface area contributed by atoms with E-state index in [1.807, 2.05) is 0 Å². The molecule has 0 saturated carbocycles. The van der Waals surface area contributed by atoms with Gasteiger partial charge in [-0.15, -0.1) is 0 Å². The van der Waals surface area contributed by atoms with Crippen molar-refractivity contribution in [2.45, 2.75) is 23.8 Å². The summed E-state index contributed by atoms with van der Waals surface area (Å²) in [6.07, 6.45) is 1.31. The molecule has 9 heteroatoms. The summed E-state index contributed by atoms with van der Waals surface area (Å²) in [6, 6.07) is 3.46. The van der Waals surface area contributed by atoms with E-state index in [-0.39, 0.29) is 22.4 Å². The van der Waals surface area contributed by atoms with E-state index in [2.05, 4.69) is 0 Å². The third-order valence-electron chi connectivity index (χ3n) is 3.57. The van der Waals surface area contributed by atoms with Crippen LogP contribution in [-0.4, -0.2) is 43.9 Å². The van der Waals surface area contributed by atoms with Gasteiger partial charge < -0.3 is 10.5 Å². The number of hydrogen-bond acceptors (Lipinski definition) is 6. The Labute approximate surface area is 122 Å². The van der Waals surface area contributed by atoms with Crippen LogP contribution in [0.4, 0.5) is 11.4 Å². The van der Waals surface area contributed by atoms with Crippen LogP contribution in [0.1, 0.15) is 12.8 Å². The molecule has 2 rings (SSSR count). The lowest BCUT2D eigenvalue weighted by molar-refractivity contribution is -0.383. The first kappa shape index (κ1) is 15.7. The van der Waals surface area contributed by atoms with E-state index in [9.17, 15) is 18.5 Å². The Morgan fingerprint density at radius 2 is 2.00 bits per heavy atom. The van der Waals surface area contributed by atoms with Gasteiger partial charge >= 0.3 is 0 Å². The van der Waals surface area contributed by atoms with Crippen LogP contribution in [0.25, 0.3) is 0 Å². The van der Waals surface area contributed by atoms with Gasteiger partial charge in [0.1, 0.15) is 5.69 Å². The number of nitro benzene ring substituents is 1. The van der Waals surface area contributed by atoms with E-state index < -0.39 is 14.9 Å². The number of anilines is 1. The molecule has 1 aliphatic rings. The zero-order valence-electron chi connectivity index (χ0n) is 11.6. The molecule has 0 aromatic heterocycles. The monoisotopic (exact) mass is 315 g/mol. The number of rotatable bonds is 4. The molecule has 2 N–H and O–H groups in total. The Morgan fingerprint density at radius 1 is 1.38 bits per heavy atom. The standard InChI is InChI=1S/C12H17N3O5S/c1-20-9-4-6-14(7-5-9)21(18,19)10-2-3-12(15(16)17)11(13)8-10/h2-3,8-9H,4-7,13H2,1H3. The lowest BCUT2D eigenvalue weighted by Gasteiger charge is -2.30. The Hall–Kier alpha value is -1.71. The number of nitrogens with two attached hydrogens (primary N) is 1. The first-order chi connectivity index (χ1) is 9.86. The molecule has 1 fully saturated rings. The average molecular weight is 315 g/mol. The Bertz CT molecular complexity index is 638. The molecule has 0 bridgehead atoms. The summed E-state index contributed by atoms with van der Waals surface area (Å²) in [6.45, 7) is 0.718. The van der Waals surface area contributed by atoms with Crippen molar-refractivity contribution in [2.24, 2.45) is 0 Å². The maximum Gasteiger partial charge on any atom is 0.292 e. The van der Waals surface area contributed by atoms with E-state index in [1.165, 1.54) is 10.4 Å². The van der Waals surface area contributed by atoms with Crippen molar-refractivity contribution in [1.82, 2.24) is 4.31 Å². The minimum Gasteiger partial charge on any atom is -0.393 e. The van der Waals surface area contributed by atoms with Crippen LogP contribution in [0.15, 0.2) is 23.1 Å². The number of nitrogen functional groups attached to an aromatic ring is 1. The van der Waals surface area contributed by atoms with Gasteiger partial charge in [-0.25, -0.2) is 8.42 Å². The minimum atomic E-state index is -3.68. The van der Waals surface area contributed by atoms with Crippen molar-refractivity contribution < 1.29 is 18.1 Å². The SMILES string of the molecule is COC1CCN(S(=O)(=O)c2ccc([N+](=O)[O-])c(N)c2)CC1. The number of ether oxygens (including phenoxy) is 1. The third kappa shape index (κ3) is 3.14. The van der Waals surface area contributed by atoms with Gasteiger partial charge in [0.25, 0.3) is 5.69 Å². The smallest absolute Gasteiger partial charge is 0.292 e. The third-order valence-corrected chi connectivity index (χ3v) is 5.46. The molecule has 1 aromatic rings. The Kier molecular flexibility index (Phi) is 4.45. The maximum absolute atomic E-state index is 12.5. The minimum absolute atomic E-state index is 0.0264. The zero-order chi connectivity index (χ0) is 15.6. The van der Waals surface area contributed by atoms with Crippen molar-refractivity contribution in [2.75, 3.05) is 25.9 Å². The zero-order valence-corrected chi connectivity index (χ0v) is 12.4. The second kappa shape index (κ2) is 5.96. The highest BCUT2D eigenvalue weighted by Gasteiger charge is 2.30. The maximum atomic E-state index is 12.5. The van der Waals surface area contributed by atoms with Gasteiger partial charge in [0, 0.05) is 26.3 Å². The summed E-state index contributed by atoms with van der Waals surface area (Å²) < 4.78 is 31.5. The summed E-state index contributed by atoms with van der Waals surface area (Å²) in [5.74, 6) is 0. The molecule has 1 aliphatic heterocycles. The number of piperidine rings is 1. The van der Waals surface area contributed by atoms with Gasteiger partial charge in [-0.05, 0) is 25.0 Å². The van der Waals surface area contributed by atoms with Crippen molar-refractivity contribution in [1.29, 1.82) is 0 Å². The molecule has 0 atom stereocenters. The molecule has 0 aliphatic carbocycles. The van der Waals surface area contributed by atoms with Crippen LogP contribution in [0.5, 0.6) is 0 Å². The van der Waals surface area contributed by atoms with Gasteiger partial charge in [0.05, 0.1) is 15.9 Å². The number of nitro groups is 1. The summed E-state index contributed by atoms with van der Waals surface area (Å²) in [5, 5.41) is 10.7. The highest BCUT2D eigenvalue weighted by Crippen LogP contribution is 2.27. The predicted molar refractivity (Wildman–Crippen MR) is 76.3 cm³/mol. The van der Waals surface area contributed by atoms with Crippen LogP contribution in [0.3, 0.4) is 0 Å². The second-order valence-corrected chi connectivity index (χ2v) is 6.75. The van der Waals surface area contributed by atoms with Gasteiger partial charge in [-0.3, -0.25) is 10.1 Å². The van der Waals surface area contributed by atoms with Crippen molar-refractivity contribution >= 4 is 21.4 Å². The molecule has 1 saturated heterocycles. The van der Waals surface area contributed by atoms with Crippen LogP contribution < -0.4 is 5.73 Å². The summed E-state index contributed by atoms with van der Waals surface area (Å²) in [7, 11) is -2.08. The molecule has 8 nitrogen and oxygen atoms in total. The largest absolute Gasteiger partial charge is 0.393 e. The fourth-order valence-corrected chi connectivity index (χ4v) is 3.82. The lowest BCUT2D eigenvalue weighted by Crippen LogP contribution is -2.40. The van der Waals surface area contributed by atoms with E-state index in [4.69, 9.17) is 10.5 Å². The topological polar surface area (TPSA) is 116 Å². The van der Waals surface area contributed by atoms with Crippen LogP contribution in [-0.2, 0) is 14.8 Å². The van der Waals surface area contributed by atoms with E-state index in [1.54, 1.807) is 7.11 Å². The second-order valence-electron chi connectivity index (χ2n) is 4.82. The molecule has 0 radical (unpaired) electrons. The molecular formula is C12H17N3O5S. The van der Waals surface area contributed by atoms with Gasteiger partial charge in [-0.1, -0.05) is 0 Å². The van der Waals surface area contributed by atoms with Crippen LogP contribution in [0.2, 0.25) is 0 Å². The number of nitrogens with zero attached hydrogens (tertiary/aromatic N) is 2. The van der Waals surface area contributed by atoms with Gasteiger partial charge in [0.15, 0.2) is 0 Å². The van der Waals surface area contributed by atoms with E-state index in [0.29, 0.717) is 25.9 Å². The number of benzene rings is 1. The molecule has 0 spiro atoms. The Morgan fingerprint density at radius 3 is 2.48 bits per heavy atom.